The van der Waals surface area contributed by atoms with Crippen LogP contribution in [0.4, 0.5) is 13.2 Å². The molecule has 1 aromatic rings. The Morgan fingerprint density at radius 1 is 1.22 bits per heavy atom. The van der Waals surface area contributed by atoms with Gasteiger partial charge in [0.05, 0.1) is 10.5 Å². The fraction of sp³-hybridized carbons (Fsp3) is 0.600. The third kappa shape index (κ3) is 4.68. The van der Waals surface area contributed by atoms with Gasteiger partial charge in [0.2, 0.25) is 10.0 Å². The van der Waals surface area contributed by atoms with Crippen molar-refractivity contribution in [1.82, 2.24) is 9.62 Å². The molecule has 1 aromatic carbocycles. The largest absolute Gasteiger partial charge is 0.417 e. The zero-order chi connectivity index (χ0) is 17.1. The molecule has 2 rings (SSSR count). The summed E-state index contributed by atoms with van der Waals surface area (Å²) in [4.78, 5) is 1.53. The maximum atomic E-state index is 13.0. The van der Waals surface area contributed by atoms with E-state index in [0.29, 0.717) is 12.8 Å². The van der Waals surface area contributed by atoms with Crippen LogP contribution in [0.15, 0.2) is 29.2 Å². The molecule has 0 saturated carbocycles. The number of hydrogen-bond acceptors (Lipinski definition) is 3. The monoisotopic (exact) mass is 350 g/mol. The molecule has 0 atom stereocenters. The van der Waals surface area contributed by atoms with Crippen molar-refractivity contribution >= 4 is 10.0 Å². The van der Waals surface area contributed by atoms with Crippen LogP contribution in [0.5, 0.6) is 0 Å². The Kier molecular flexibility index (Phi) is 5.70. The van der Waals surface area contributed by atoms with Gasteiger partial charge < -0.3 is 4.90 Å². The van der Waals surface area contributed by atoms with E-state index in [1.807, 2.05) is 0 Å². The number of nitrogens with zero attached hydrogens (tertiary/aromatic N) is 1. The van der Waals surface area contributed by atoms with Crippen molar-refractivity contribution in [2.75, 3.05) is 19.6 Å². The van der Waals surface area contributed by atoms with Gasteiger partial charge in [-0.15, -0.1) is 0 Å². The van der Waals surface area contributed by atoms with Gasteiger partial charge in [-0.05, 0) is 51.0 Å². The molecule has 1 heterocycles. The minimum absolute atomic E-state index is 0.325. The number of nitrogens with one attached hydrogen (secondary N) is 1. The smallest absolute Gasteiger partial charge is 0.303 e. The van der Waals surface area contributed by atoms with Crippen molar-refractivity contribution in [2.45, 2.75) is 43.3 Å². The summed E-state index contributed by atoms with van der Waals surface area (Å²) in [5.74, 6) is 0. The van der Waals surface area contributed by atoms with Crippen LogP contribution in [-0.2, 0) is 16.2 Å². The average molecular weight is 350 g/mol. The number of halogens is 3. The second-order valence-electron chi connectivity index (χ2n) is 5.73. The van der Waals surface area contributed by atoms with E-state index in [2.05, 4.69) is 16.5 Å². The highest BCUT2D eigenvalue weighted by Crippen LogP contribution is 2.34. The van der Waals surface area contributed by atoms with Crippen LogP contribution in [0.25, 0.3) is 0 Å². The summed E-state index contributed by atoms with van der Waals surface area (Å²) in [6, 6.07) is 3.95. The van der Waals surface area contributed by atoms with Gasteiger partial charge in [0.25, 0.3) is 0 Å². The number of alkyl halides is 3. The second kappa shape index (κ2) is 7.19. The molecule has 0 aromatic heterocycles. The minimum atomic E-state index is -4.70. The number of rotatable bonds is 5. The maximum Gasteiger partial charge on any atom is 0.417 e. The first-order valence-corrected chi connectivity index (χ1v) is 9.13. The Balaban J connectivity index is 2.12. The van der Waals surface area contributed by atoms with E-state index >= 15 is 0 Å². The summed E-state index contributed by atoms with van der Waals surface area (Å²) in [6.45, 7) is 4.53. The van der Waals surface area contributed by atoms with Crippen LogP contribution in [0.2, 0.25) is 0 Å². The minimum Gasteiger partial charge on any atom is -0.303 e. The molecule has 1 fully saturated rings. The van der Waals surface area contributed by atoms with Gasteiger partial charge in [-0.25, -0.2) is 13.1 Å². The molecule has 0 bridgehead atoms. The third-order valence-electron chi connectivity index (χ3n) is 3.93. The SMILES string of the molecule is CCCN1CCC(NS(=O)(=O)c2ccccc2C(F)(F)F)CC1. The lowest BCUT2D eigenvalue weighted by atomic mass is 10.1. The number of sulfonamides is 1. The van der Waals surface area contributed by atoms with Gasteiger partial charge >= 0.3 is 6.18 Å². The Morgan fingerprint density at radius 3 is 2.39 bits per heavy atom. The van der Waals surface area contributed by atoms with E-state index in [1.54, 1.807) is 0 Å². The van der Waals surface area contributed by atoms with Crippen LogP contribution in [0, 0.1) is 0 Å². The highest BCUT2D eigenvalue weighted by molar-refractivity contribution is 7.89. The molecule has 0 aliphatic carbocycles. The van der Waals surface area contributed by atoms with Crippen LogP contribution >= 0.6 is 0 Å². The first-order chi connectivity index (χ1) is 10.7. The topological polar surface area (TPSA) is 49.4 Å². The average Bonchev–Trinajstić information content (AvgIpc) is 2.48. The molecule has 8 heteroatoms. The Morgan fingerprint density at radius 2 is 1.83 bits per heavy atom. The van der Waals surface area contributed by atoms with Crippen molar-refractivity contribution < 1.29 is 21.6 Å². The molecule has 0 unspecified atom stereocenters. The van der Waals surface area contributed by atoms with E-state index in [4.69, 9.17) is 0 Å². The summed E-state index contributed by atoms with van der Waals surface area (Å²) >= 11 is 0. The molecule has 1 saturated heterocycles. The molecule has 0 amide bonds. The molecule has 0 spiro atoms. The van der Waals surface area contributed by atoms with Crippen LogP contribution < -0.4 is 4.72 Å². The molecule has 23 heavy (non-hydrogen) atoms. The van der Waals surface area contributed by atoms with Gasteiger partial charge in [-0.1, -0.05) is 19.1 Å². The molecule has 4 nitrogen and oxygen atoms in total. The van der Waals surface area contributed by atoms with Crippen molar-refractivity contribution in [1.29, 1.82) is 0 Å². The van der Waals surface area contributed by atoms with E-state index in [1.165, 1.54) is 12.1 Å². The van der Waals surface area contributed by atoms with Crippen molar-refractivity contribution in [3.8, 4) is 0 Å². The predicted molar refractivity (Wildman–Crippen MR) is 81.5 cm³/mol. The van der Waals surface area contributed by atoms with Crippen molar-refractivity contribution in [2.24, 2.45) is 0 Å². The lowest BCUT2D eigenvalue weighted by Gasteiger charge is -2.32. The molecule has 130 valence electrons. The van der Waals surface area contributed by atoms with E-state index < -0.39 is 26.7 Å². The van der Waals surface area contributed by atoms with Gasteiger partial charge in [-0.3, -0.25) is 0 Å². The molecule has 0 radical (unpaired) electrons. The Bertz CT molecular complexity index is 624. The van der Waals surface area contributed by atoms with Gasteiger partial charge in [-0.2, -0.15) is 13.2 Å². The van der Waals surface area contributed by atoms with Crippen molar-refractivity contribution in [3.05, 3.63) is 29.8 Å². The zero-order valence-corrected chi connectivity index (χ0v) is 13.8. The first kappa shape index (κ1) is 18.2. The normalized spacial score (nSPS) is 18.3. The van der Waals surface area contributed by atoms with Crippen molar-refractivity contribution in [3.63, 3.8) is 0 Å². The lowest BCUT2D eigenvalue weighted by Crippen LogP contribution is -2.45. The molecule has 1 N–H and O–H groups in total. The summed E-state index contributed by atoms with van der Waals surface area (Å²) in [5, 5.41) is 0. The fourth-order valence-corrected chi connectivity index (χ4v) is 4.34. The van der Waals surface area contributed by atoms with Gasteiger partial charge in [0.1, 0.15) is 0 Å². The summed E-state index contributed by atoms with van der Waals surface area (Å²) in [7, 11) is -4.19. The van der Waals surface area contributed by atoms with Gasteiger partial charge in [0.15, 0.2) is 0 Å². The third-order valence-corrected chi connectivity index (χ3v) is 5.51. The molecular formula is C15H21F3N2O2S. The fourth-order valence-electron chi connectivity index (χ4n) is 2.81. The number of likely N-dealkylation sites (tertiary alicyclic amines) is 1. The number of piperidine rings is 1. The van der Waals surface area contributed by atoms with Gasteiger partial charge in [0, 0.05) is 6.04 Å². The highest BCUT2D eigenvalue weighted by atomic mass is 32.2. The standard InChI is InChI=1S/C15H21F3N2O2S/c1-2-9-20-10-7-12(8-11-20)19-23(21,22)14-6-4-3-5-13(14)15(16,17)18/h3-6,12,19H,2,7-11H2,1H3. The van der Waals surface area contributed by atoms with E-state index in [9.17, 15) is 21.6 Å². The Hall–Kier alpha value is -1.12. The second-order valence-corrected chi connectivity index (χ2v) is 7.41. The molecule has 1 aliphatic heterocycles. The lowest BCUT2D eigenvalue weighted by molar-refractivity contribution is -0.139. The van der Waals surface area contributed by atoms with Crippen LogP contribution in [0.3, 0.4) is 0 Å². The quantitative estimate of drug-likeness (QED) is 0.888. The highest BCUT2D eigenvalue weighted by Gasteiger charge is 2.37. The number of benzene rings is 1. The summed E-state index contributed by atoms with van der Waals surface area (Å²) < 4.78 is 66.1. The predicted octanol–water partition coefficient (Wildman–Crippen LogP) is 2.86. The Labute approximate surface area is 134 Å². The zero-order valence-electron chi connectivity index (χ0n) is 12.9. The number of hydrogen-bond donors (Lipinski definition) is 1. The summed E-state index contributed by atoms with van der Waals surface area (Å²) in [6.07, 6.45) is -2.47. The van der Waals surface area contributed by atoms with E-state index in [-0.39, 0.29) is 6.04 Å². The maximum absolute atomic E-state index is 13.0. The van der Waals surface area contributed by atoms with E-state index in [0.717, 1.165) is 38.2 Å². The van der Waals surface area contributed by atoms with Crippen LogP contribution in [-0.4, -0.2) is 39.0 Å². The van der Waals surface area contributed by atoms with Crippen LogP contribution in [0.1, 0.15) is 31.7 Å². The first-order valence-electron chi connectivity index (χ1n) is 7.65. The summed E-state index contributed by atoms with van der Waals surface area (Å²) in [5.41, 5.74) is -1.13. The molecule has 1 aliphatic rings. The molecular weight excluding hydrogens is 329 g/mol.